The van der Waals surface area contributed by atoms with Gasteiger partial charge in [0, 0.05) is 53.2 Å². The van der Waals surface area contributed by atoms with Crippen LogP contribution >= 0.6 is 0 Å². The summed E-state index contributed by atoms with van der Waals surface area (Å²) >= 11 is 0. The smallest absolute Gasteiger partial charge is 0.128 e. The number of phenols is 2. The van der Waals surface area contributed by atoms with E-state index in [0.29, 0.717) is 35.7 Å². The molecule has 156 valence electrons. The SMILES string of the molecule is COc1ccc(C(C)=NCC(C)(C)CN=C(C)c2ccc(OC)cc2O)c(O)c1. The van der Waals surface area contributed by atoms with Crippen LogP contribution in [0.5, 0.6) is 23.0 Å². The number of methoxy groups -OCH3 is 2. The topological polar surface area (TPSA) is 83.6 Å². The maximum Gasteiger partial charge on any atom is 0.128 e. The number of hydrogen-bond acceptors (Lipinski definition) is 6. The molecule has 0 fully saturated rings. The lowest BCUT2D eigenvalue weighted by Gasteiger charge is -2.21. The van der Waals surface area contributed by atoms with Crippen molar-refractivity contribution in [3.63, 3.8) is 0 Å². The van der Waals surface area contributed by atoms with E-state index in [4.69, 9.17) is 9.47 Å². The largest absolute Gasteiger partial charge is 0.507 e. The van der Waals surface area contributed by atoms with Crippen LogP contribution in [0.1, 0.15) is 38.8 Å². The van der Waals surface area contributed by atoms with Crippen molar-refractivity contribution in [2.75, 3.05) is 27.3 Å². The molecule has 0 aliphatic carbocycles. The molecule has 0 saturated heterocycles. The normalized spacial score (nSPS) is 12.8. The second-order valence-corrected chi connectivity index (χ2v) is 7.73. The average molecular weight is 399 g/mol. The molecule has 0 aliphatic rings. The molecule has 29 heavy (non-hydrogen) atoms. The van der Waals surface area contributed by atoms with Gasteiger partial charge < -0.3 is 19.7 Å². The highest BCUT2D eigenvalue weighted by Crippen LogP contribution is 2.26. The highest BCUT2D eigenvalue weighted by Gasteiger charge is 2.18. The van der Waals surface area contributed by atoms with Crippen LogP contribution in [0.4, 0.5) is 0 Å². The van der Waals surface area contributed by atoms with E-state index in [1.165, 1.54) is 0 Å². The van der Waals surface area contributed by atoms with Crippen LogP contribution < -0.4 is 9.47 Å². The van der Waals surface area contributed by atoms with Crippen molar-refractivity contribution in [3.05, 3.63) is 47.5 Å². The van der Waals surface area contributed by atoms with E-state index in [0.717, 1.165) is 11.4 Å². The van der Waals surface area contributed by atoms with Crippen molar-refractivity contribution in [1.82, 2.24) is 0 Å². The molecule has 0 unspecified atom stereocenters. The fourth-order valence-electron chi connectivity index (χ4n) is 2.77. The Bertz CT molecular complexity index is 844. The van der Waals surface area contributed by atoms with Crippen molar-refractivity contribution in [2.24, 2.45) is 15.4 Å². The summed E-state index contributed by atoms with van der Waals surface area (Å²) in [6.45, 7) is 9.03. The van der Waals surface area contributed by atoms with Gasteiger partial charge in [-0.15, -0.1) is 0 Å². The van der Waals surface area contributed by atoms with Crippen LogP contribution in [0.25, 0.3) is 0 Å². The first-order valence-corrected chi connectivity index (χ1v) is 9.43. The quantitative estimate of drug-likeness (QED) is 0.643. The Kier molecular flexibility index (Phi) is 7.26. The van der Waals surface area contributed by atoms with E-state index in [9.17, 15) is 10.2 Å². The van der Waals surface area contributed by atoms with E-state index >= 15 is 0 Å². The number of ether oxygens (including phenoxy) is 2. The molecular formula is C23H30N2O4. The van der Waals surface area contributed by atoms with E-state index in [2.05, 4.69) is 23.8 Å². The van der Waals surface area contributed by atoms with Crippen molar-refractivity contribution in [3.8, 4) is 23.0 Å². The highest BCUT2D eigenvalue weighted by atomic mass is 16.5. The molecule has 6 heteroatoms. The van der Waals surface area contributed by atoms with Crippen LogP contribution in [0, 0.1) is 5.41 Å². The number of rotatable bonds is 8. The van der Waals surface area contributed by atoms with Crippen molar-refractivity contribution in [1.29, 1.82) is 0 Å². The van der Waals surface area contributed by atoms with Gasteiger partial charge >= 0.3 is 0 Å². The molecule has 2 rings (SSSR count). The molecule has 0 heterocycles. The minimum atomic E-state index is -0.188. The molecule has 0 spiro atoms. The molecular weight excluding hydrogens is 368 g/mol. The van der Waals surface area contributed by atoms with Gasteiger partial charge in [0.2, 0.25) is 0 Å². The predicted octanol–water partition coefficient (Wildman–Crippen LogP) is 4.46. The third kappa shape index (κ3) is 5.98. The van der Waals surface area contributed by atoms with Crippen molar-refractivity contribution in [2.45, 2.75) is 27.7 Å². The van der Waals surface area contributed by atoms with E-state index in [1.54, 1.807) is 50.6 Å². The minimum absolute atomic E-state index is 0.146. The lowest BCUT2D eigenvalue weighted by Crippen LogP contribution is -2.21. The maximum absolute atomic E-state index is 10.2. The number of aromatic hydroxyl groups is 2. The molecule has 6 nitrogen and oxygen atoms in total. The maximum atomic E-state index is 10.2. The minimum Gasteiger partial charge on any atom is -0.507 e. The summed E-state index contributed by atoms with van der Waals surface area (Å²) in [7, 11) is 3.12. The van der Waals surface area contributed by atoms with Gasteiger partial charge in [0.25, 0.3) is 0 Å². The van der Waals surface area contributed by atoms with Gasteiger partial charge in [0.15, 0.2) is 0 Å². The zero-order chi connectivity index (χ0) is 21.6. The first kappa shape index (κ1) is 22.3. The Labute approximate surface area is 172 Å². The molecule has 2 aromatic rings. The second-order valence-electron chi connectivity index (χ2n) is 7.73. The standard InChI is InChI=1S/C23H30N2O4/c1-15(19-9-7-17(28-5)11-21(19)26)24-13-23(3,4)14-25-16(2)20-10-8-18(29-6)12-22(20)27/h7-12,26-27H,13-14H2,1-6H3. The highest BCUT2D eigenvalue weighted by molar-refractivity contribution is 6.01. The monoisotopic (exact) mass is 398 g/mol. The Morgan fingerprint density at radius 2 is 1.17 bits per heavy atom. The predicted molar refractivity (Wildman–Crippen MR) is 117 cm³/mol. The van der Waals surface area contributed by atoms with Crippen LogP contribution in [-0.2, 0) is 0 Å². The molecule has 0 atom stereocenters. The van der Waals surface area contributed by atoms with Crippen LogP contribution in [0.15, 0.2) is 46.4 Å². The van der Waals surface area contributed by atoms with Crippen LogP contribution in [-0.4, -0.2) is 48.9 Å². The van der Waals surface area contributed by atoms with Gasteiger partial charge in [0.1, 0.15) is 23.0 Å². The summed E-state index contributed by atoms with van der Waals surface area (Å²) in [5.41, 5.74) is 2.69. The van der Waals surface area contributed by atoms with Crippen molar-refractivity contribution >= 4 is 11.4 Å². The van der Waals surface area contributed by atoms with E-state index in [-0.39, 0.29) is 16.9 Å². The lowest BCUT2D eigenvalue weighted by molar-refractivity contribution is 0.394. The van der Waals surface area contributed by atoms with Crippen molar-refractivity contribution < 1.29 is 19.7 Å². The molecule has 0 saturated carbocycles. The lowest BCUT2D eigenvalue weighted by atomic mass is 9.93. The van der Waals surface area contributed by atoms with Crippen LogP contribution in [0.2, 0.25) is 0 Å². The molecule has 0 aliphatic heterocycles. The number of benzene rings is 2. The Balaban J connectivity index is 2.09. The van der Waals surface area contributed by atoms with Gasteiger partial charge in [-0.25, -0.2) is 0 Å². The van der Waals surface area contributed by atoms with Gasteiger partial charge in [-0.05, 0) is 38.1 Å². The third-order valence-electron chi connectivity index (χ3n) is 4.68. The van der Waals surface area contributed by atoms with Gasteiger partial charge in [-0.3, -0.25) is 9.98 Å². The number of nitrogens with zero attached hydrogens (tertiary/aromatic N) is 2. The average Bonchev–Trinajstić information content (AvgIpc) is 2.70. The Morgan fingerprint density at radius 1 is 0.793 bits per heavy atom. The zero-order valence-electron chi connectivity index (χ0n) is 18.0. The fraction of sp³-hybridized carbons (Fsp3) is 0.391. The zero-order valence-corrected chi connectivity index (χ0v) is 18.0. The summed E-state index contributed by atoms with van der Waals surface area (Å²) in [5.74, 6) is 1.50. The van der Waals surface area contributed by atoms with E-state index < -0.39 is 0 Å². The summed E-state index contributed by atoms with van der Waals surface area (Å²) < 4.78 is 10.2. The molecule has 0 aromatic heterocycles. The Hall–Kier alpha value is -3.02. The summed E-state index contributed by atoms with van der Waals surface area (Å²) in [5, 5.41) is 20.3. The number of hydrogen-bond donors (Lipinski definition) is 2. The summed E-state index contributed by atoms with van der Waals surface area (Å²) in [4.78, 5) is 9.31. The number of aliphatic imine (C=N–C) groups is 2. The first-order chi connectivity index (χ1) is 13.7. The molecule has 2 N–H and O–H groups in total. The fourth-order valence-corrected chi connectivity index (χ4v) is 2.77. The van der Waals surface area contributed by atoms with Crippen LogP contribution in [0.3, 0.4) is 0 Å². The molecule has 2 aromatic carbocycles. The molecule has 0 bridgehead atoms. The third-order valence-corrected chi connectivity index (χ3v) is 4.68. The van der Waals surface area contributed by atoms with Gasteiger partial charge in [-0.1, -0.05) is 13.8 Å². The van der Waals surface area contributed by atoms with E-state index in [1.807, 2.05) is 13.8 Å². The summed E-state index contributed by atoms with van der Waals surface area (Å²) in [6, 6.07) is 10.4. The van der Waals surface area contributed by atoms with Gasteiger partial charge in [0.05, 0.1) is 14.2 Å². The first-order valence-electron chi connectivity index (χ1n) is 9.43. The summed E-state index contributed by atoms with van der Waals surface area (Å²) in [6.07, 6.45) is 0. The molecule has 0 amide bonds. The number of phenolic OH excluding ortho intramolecular Hbond substituents is 2. The van der Waals surface area contributed by atoms with Gasteiger partial charge in [-0.2, -0.15) is 0 Å². The Morgan fingerprint density at radius 3 is 1.48 bits per heavy atom. The second kappa shape index (κ2) is 9.45. The molecule has 0 radical (unpaired) electrons.